The van der Waals surface area contributed by atoms with E-state index in [1.807, 2.05) is 12.4 Å². The molecule has 0 unspecified atom stereocenters. The third kappa shape index (κ3) is 5.18. The number of thiazole rings is 1. The van der Waals surface area contributed by atoms with Crippen molar-refractivity contribution in [2.24, 2.45) is 11.8 Å². The number of hydrogen-bond donors (Lipinski definition) is 1. The Labute approximate surface area is 197 Å². The van der Waals surface area contributed by atoms with Gasteiger partial charge < -0.3 is 14.6 Å². The summed E-state index contributed by atoms with van der Waals surface area (Å²) in [4.78, 5) is 21.1. The van der Waals surface area contributed by atoms with Crippen molar-refractivity contribution in [1.82, 2.24) is 9.97 Å². The second-order valence-electron chi connectivity index (χ2n) is 8.69. The zero-order chi connectivity index (χ0) is 22.6. The molecule has 1 aliphatic heterocycles. The Balaban J connectivity index is 1.34. The molecule has 1 aromatic carbocycles. The van der Waals surface area contributed by atoms with Gasteiger partial charge in [0, 0.05) is 42.3 Å². The molecule has 0 atom stereocenters. The SMILES string of the molecule is O=C(O)C1CCC(Oc2cncc3ccc(-c4cnc(C#CC5CCOCC5)s4)cc23)CC1. The molecule has 2 aliphatic rings. The van der Waals surface area contributed by atoms with Gasteiger partial charge in [-0.2, -0.15) is 0 Å². The Morgan fingerprint density at radius 1 is 1.09 bits per heavy atom. The van der Waals surface area contributed by atoms with Gasteiger partial charge in [0.1, 0.15) is 5.75 Å². The van der Waals surface area contributed by atoms with Crippen LogP contribution >= 0.6 is 11.3 Å². The van der Waals surface area contributed by atoms with Crippen LogP contribution in [-0.2, 0) is 9.53 Å². The average molecular weight is 463 g/mol. The maximum Gasteiger partial charge on any atom is 0.306 e. The first kappa shape index (κ1) is 21.9. The van der Waals surface area contributed by atoms with Crippen LogP contribution in [-0.4, -0.2) is 40.4 Å². The lowest BCUT2D eigenvalue weighted by atomic mass is 9.87. The topological polar surface area (TPSA) is 81.5 Å². The standard InChI is InChI=1S/C26H26N2O4S/c29-26(30)18-4-6-21(7-5-18)32-23-15-27-14-20-3-2-19(13-22(20)23)24-16-28-25(33-24)8-1-17-9-11-31-12-10-17/h2-3,13-18,21H,4-7,9-12H2,(H,29,30). The van der Waals surface area contributed by atoms with Gasteiger partial charge in [-0.25, -0.2) is 4.98 Å². The predicted octanol–water partition coefficient (Wildman–Crippen LogP) is 5.16. The molecule has 6 nitrogen and oxygen atoms in total. The highest BCUT2D eigenvalue weighted by molar-refractivity contribution is 7.15. The number of carboxylic acids is 1. The number of aliphatic carboxylic acids is 1. The summed E-state index contributed by atoms with van der Waals surface area (Å²) in [6.45, 7) is 1.58. The van der Waals surface area contributed by atoms with Gasteiger partial charge in [-0.1, -0.05) is 18.1 Å². The third-order valence-corrected chi connectivity index (χ3v) is 7.40. The van der Waals surface area contributed by atoms with E-state index in [4.69, 9.17) is 9.47 Å². The minimum absolute atomic E-state index is 0.0205. The summed E-state index contributed by atoms with van der Waals surface area (Å²) in [5.41, 5.74) is 1.07. The van der Waals surface area contributed by atoms with Gasteiger partial charge in [0.15, 0.2) is 5.01 Å². The number of pyridine rings is 1. The van der Waals surface area contributed by atoms with Crippen molar-refractivity contribution in [3.05, 3.63) is 41.8 Å². The number of nitrogens with zero attached hydrogens (tertiary/aromatic N) is 2. The molecule has 3 heterocycles. The quantitative estimate of drug-likeness (QED) is 0.540. The first-order chi connectivity index (χ1) is 16.2. The van der Waals surface area contributed by atoms with E-state index in [-0.39, 0.29) is 12.0 Å². The highest BCUT2D eigenvalue weighted by Crippen LogP contribution is 2.34. The minimum atomic E-state index is -0.703. The summed E-state index contributed by atoms with van der Waals surface area (Å²) < 4.78 is 11.7. The summed E-state index contributed by atoms with van der Waals surface area (Å²) in [5.74, 6) is 6.78. The van der Waals surface area contributed by atoms with E-state index >= 15 is 0 Å². The normalized spacial score (nSPS) is 21.3. The van der Waals surface area contributed by atoms with E-state index in [2.05, 4.69) is 40.0 Å². The summed E-state index contributed by atoms with van der Waals surface area (Å²) in [7, 11) is 0. The highest BCUT2D eigenvalue weighted by atomic mass is 32.1. The van der Waals surface area contributed by atoms with E-state index in [1.165, 1.54) is 0 Å². The zero-order valence-electron chi connectivity index (χ0n) is 18.3. The number of fused-ring (bicyclic) bond motifs is 1. The smallest absolute Gasteiger partial charge is 0.306 e. The predicted molar refractivity (Wildman–Crippen MR) is 127 cm³/mol. The monoisotopic (exact) mass is 462 g/mol. The van der Waals surface area contributed by atoms with E-state index in [0.717, 1.165) is 70.9 Å². The van der Waals surface area contributed by atoms with Crippen LogP contribution < -0.4 is 4.74 Å². The Morgan fingerprint density at radius 3 is 2.70 bits per heavy atom. The van der Waals surface area contributed by atoms with Crippen LogP contribution in [0, 0.1) is 23.7 Å². The van der Waals surface area contributed by atoms with Crippen LogP contribution in [0.2, 0.25) is 0 Å². The molecule has 0 bridgehead atoms. The zero-order valence-corrected chi connectivity index (χ0v) is 19.1. The molecule has 33 heavy (non-hydrogen) atoms. The number of carboxylic acid groups (broad SMARTS) is 1. The molecule has 170 valence electrons. The molecule has 1 saturated heterocycles. The number of carbonyl (C=O) groups is 1. The largest absolute Gasteiger partial charge is 0.488 e. The maximum atomic E-state index is 11.2. The Bertz CT molecular complexity index is 1200. The van der Waals surface area contributed by atoms with Gasteiger partial charge in [0.05, 0.1) is 23.1 Å². The van der Waals surface area contributed by atoms with E-state index in [0.29, 0.717) is 18.8 Å². The van der Waals surface area contributed by atoms with Crippen LogP contribution in [0.1, 0.15) is 43.5 Å². The summed E-state index contributed by atoms with van der Waals surface area (Å²) in [6, 6.07) is 6.26. The summed E-state index contributed by atoms with van der Waals surface area (Å²) in [5, 5.41) is 12.1. The van der Waals surface area contributed by atoms with Gasteiger partial charge in [-0.3, -0.25) is 9.78 Å². The van der Waals surface area contributed by atoms with Crippen molar-refractivity contribution >= 4 is 28.1 Å². The Kier molecular flexibility index (Phi) is 6.56. The molecule has 1 saturated carbocycles. The fourth-order valence-corrected chi connectivity index (χ4v) is 5.24. The third-order valence-electron chi connectivity index (χ3n) is 6.44. The van der Waals surface area contributed by atoms with Crippen LogP contribution in [0.15, 0.2) is 36.8 Å². The fourth-order valence-electron chi connectivity index (χ4n) is 4.46. The fraction of sp³-hybridized carbons (Fsp3) is 0.423. The summed E-state index contributed by atoms with van der Waals surface area (Å²) in [6.07, 6.45) is 10.3. The molecular weight excluding hydrogens is 436 g/mol. The van der Waals surface area contributed by atoms with Crippen molar-refractivity contribution in [2.75, 3.05) is 13.2 Å². The van der Waals surface area contributed by atoms with Crippen LogP contribution in [0.3, 0.4) is 0 Å². The molecule has 3 aromatic rings. The van der Waals surface area contributed by atoms with Crippen LogP contribution in [0.25, 0.3) is 21.2 Å². The highest BCUT2D eigenvalue weighted by Gasteiger charge is 2.27. The van der Waals surface area contributed by atoms with Crippen LogP contribution in [0.5, 0.6) is 5.75 Å². The van der Waals surface area contributed by atoms with Crippen molar-refractivity contribution in [1.29, 1.82) is 0 Å². The van der Waals surface area contributed by atoms with Gasteiger partial charge >= 0.3 is 5.97 Å². The minimum Gasteiger partial charge on any atom is -0.488 e. The van der Waals surface area contributed by atoms with Gasteiger partial charge in [0.25, 0.3) is 0 Å². The van der Waals surface area contributed by atoms with Crippen molar-refractivity contribution in [2.45, 2.75) is 44.6 Å². The molecule has 1 aliphatic carbocycles. The second kappa shape index (κ2) is 9.90. The molecule has 2 aromatic heterocycles. The lowest BCUT2D eigenvalue weighted by molar-refractivity contribution is -0.143. The number of hydrogen-bond acceptors (Lipinski definition) is 6. The summed E-state index contributed by atoms with van der Waals surface area (Å²) >= 11 is 1.60. The number of ether oxygens (including phenoxy) is 2. The maximum absolute atomic E-state index is 11.2. The van der Waals surface area contributed by atoms with Crippen molar-refractivity contribution in [3.63, 3.8) is 0 Å². The first-order valence-electron chi connectivity index (χ1n) is 11.5. The molecule has 0 amide bonds. The Morgan fingerprint density at radius 2 is 1.91 bits per heavy atom. The molecule has 0 spiro atoms. The van der Waals surface area contributed by atoms with E-state index in [9.17, 15) is 9.90 Å². The van der Waals surface area contributed by atoms with Gasteiger partial charge in [-0.05, 0) is 56.1 Å². The first-order valence-corrected chi connectivity index (χ1v) is 12.3. The number of aromatic nitrogens is 2. The van der Waals surface area contributed by atoms with Crippen molar-refractivity contribution in [3.8, 4) is 28.0 Å². The molecule has 2 fully saturated rings. The second-order valence-corrected chi connectivity index (χ2v) is 9.72. The molecular formula is C26H26N2O4S. The molecule has 1 N–H and O–H groups in total. The number of benzene rings is 1. The van der Waals surface area contributed by atoms with Crippen LogP contribution in [0.4, 0.5) is 0 Å². The lowest BCUT2D eigenvalue weighted by Crippen LogP contribution is -2.27. The molecule has 7 heteroatoms. The average Bonchev–Trinajstić information content (AvgIpc) is 3.33. The van der Waals surface area contributed by atoms with Gasteiger partial charge in [0.2, 0.25) is 0 Å². The molecule has 5 rings (SSSR count). The lowest BCUT2D eigenvalue weighted by Gasteiger charge is -2.27. The van der Waals surface area contributed by atoms with E-state index in [1.54, 1.807) is 17.5 Å². The molecule has 0 radical (unpaired) electrons. The van der Waals surface area contributed by atoms with E-state index < -0.39 is 5.97 Å². The van der Waals surface area contributed by atoms with Gasteiger partial charge in [-0.15, -0.1) is 11.3 Å². The number of rotatable bonds is 4. The van der Waals surface area contributed by atoms with Crippen molar-refractivity contribution < 1.29 is 19.4 Å². The Hall–Kier alpha value is -2.95.